The normalized spacial score (nSPS) is 9.78. The van der Waals surface area contributed by atoms with Gasteiger partial charge in [-0.15, -0.1) is 0 Å². The van der Waals surface area contributed by atoms with Crippen LogP contribution in [-0.2, 0) is 0 Å². The van der Waals surface area contributed by atoms with Crippen molar-refractivity contribution >= 4 is 37.7 Å². The third-order valence-corrected chi connectivity index (χ3v) is 12.5. The van der Waals surface area contributed by atoms with Crippen LogP contribution in [0.2, 0.25) is 0 Å². The molecule has 0 bridgehead atoms. The van der Waals surface area contributed by atoms with E-state index in [1.807, 2.05) is 0 Å². The Hall–Kier alpha value is -2.19. The van der Waals surface area contributed by atoms with E-state index in [9.17, 15) is 0 Å². The summed E-state index contributed by atoms with van der Waals surface area (Å²) in [6.07, 6.45) is -2.33. The molecule has 0 unspecified atom stereocenters. The maximum atomic E-state index is 8.33. The molecular weight excluding hydrogens is 485 g/mol. The Balaban J connectivity index is 0.000000433. The Morgan fingerprint density at radius 1 is 0.565 bits per heavy atom. The first kappa shape index (κ1) is 17.2. The fourth-order valence-corrected chi connectivity index (χ4v) is 11.1. The molecule has 4 heteroatoms. The molecule has 0 aliphatic heterocycles. The number of hydrogen-bond acceptors (Lipinski definition) is 3. The first-order chi connectivity index (χ1) is 11.2. The number of benzene rings is 3. The summed E-state index contributed by atoms with van der Waals surface area (Å²) in [5, 5.41) is 16.7. The molecule has 0 aromatic heterocycles. The van der Waals surface area contributed by atoms with Crippen molar-refractivity contribution in [2.75, 3.05) is 0 Å². The minimum atomic E-state index is -2.33. The van der Waals surface area contributed by atoms with Crippen LogP contribution in [0.4, 0.5) is 4.79 Å². The van der Waals surface area contributed by atoms with Crippen molar-refractivity contribution in [1.82, 2.24) is 0 Å². The Kier molecular flexibility index (Phi) is 6.77. The Labute approximate surface area is 143 Å². The van der Waals surface area contributed by atoms with Crippen molar-refractivity contribution in [2.24, 2.45) is 0 Å². The molecule has 0 fully saturated rings. The van der Waals surface area contributed by atoms with Crippen LogP contribution in [0.5, 0.6) is 0 Å². The summed E-state index contributed by atoms with van der Waals surface area (Å²) in [6, 6.07) is 33.0. The van der Waals surface area contributed by atoms with Gasteiger partial charge in [-0.2, -0.15) is 0 Å². The zero-order chi connectivity index (χ0) is 16.5. The zero-order valence-electron chi connectivity index (χ0n) is 12.3. The molecule has 23 heavy (non-hydrogen) atoms. The van der Waals surface area contributed by atoms with Crippen LogP contribution in [-0.4, -0.2) is 27.9 Å². The molecule has 0 aliphatic carbocycles. The zero-order valence-corrected chi connectivity index (χ0v) is 15.8. The fourth-order valence-electron chi connectivity index (χ4n) is 2.18. The molecule has 3 aromatic rings. The van der Waals surface area contributed by atoms with Gasteiger partial charge in [0.1, 0.15) is 0 Å². The number of carbonyl (C=O) groups is 1. The summed E-state index contributed by atoms with van der Waals surface area (Å²) in [5.41, 5.74) is 0. The summed E-state index contributed by atoms with van der Waals surface area (Å²) in [4.78, 5) is 8.33. The molecule has 0 saturated heterocycles. The van der Waals surface area contributed by atoms with Gasteiger partial charge in [0.15, 0.2) is 0 Å². The number of carbonyl (C=O) groups excluding carboxylic acids is 1. The van der Waals surface area contributed by atoms with Crippen LogP contribution in [0.25, 0.3) is 0 Å². The average Bonchev–Trinajstić information content (AvgIpc) is 2.58. The molecule has 3 aromatic carbocycles. The summed E-state index contributed by atoms with van der Waals surface area (Å²) in [7, 11) is 0. The monoisotopic (exact) mass is 500 g/mol. The Morgan fingerprint density at radius 3 is 1.00 bits per heavy atom. The summed E-state index contributed by atoms with van der Waals surface area (Å²) < 4.78 is 4.61. The topological polar surface area (TPSA) is 63.2 Å². The fraction of sp³-hybridized carbons (Fsp3) is 0. The molecule has 0 radical (unpaired) electrons. The summed E-state index contributed by atoms with van der Waals surface area (Å²) >= 11 is -2.06. The van der Waals surface area contributed by atoms with Crippen LogP contribution >= 0.6 is 0 Å². The molecule has 116 valence electrons. The third kappa shape index (κ3) is 5.50. The first-order valence-electron chi connectivity index (χ1n) is 7.02. The molecule has 0 spiro atoms. The standard InChI is InChI=1S/3C6H5.CH2O3.Bi/c3*1-2-4-6-5-3-1;2-1(3)4;/h3*1-5H;(H2,2,3,4);/p-2. The number of hydrogen-bond donors (Lipinski definition) is 0. The third-order valence-electron chi connectivity index (χ3n) is 3.04. The van der Waals surface area contributed by atoms with E-state index < -0.39 is 27.9 Å². The Morgan fingerprint density at radius 2 is 0.783 bits per heavy atom. The van der Waals surface area contributed by atoms with E-state index in [0.29, 0.717) is 0 Å². The second-order valence-electron chi connectivity index (χ2n) is 4.59. The van der Waals surface area contributed by atoms with Gasteiger partial charge in [-0.25, -0.2) is 0 Å². The molecule has 0 aliphatic rings. The molecule has 0 atom stereocenters. The molecule has 3 rings (SSSR count). The average molecular weight is 500 g/mol. The van der Waals surface area contributed by atoms with E-state index in [2.05, 4.69) is 91.0 Å². The molecule has 0 amide bonds. The predicted octanol–water partition coefficient (Wildman–Crippen LogP) is -0.244. The van der Waals surface area contributed by atoms with Crippen molar-refractivity contribution in [3.8, 4) is 0 Å². The van der Waals surface area contributed by atoms with E-state index in [1.165, 1.54) is 9.81 Å². The van der Waals surface area contributed by atoms with E-state index in [4.69, 9.17) is 15.0 Å². The van der Waals surface area contributed by atoms with Gasteiger partial charge in [0.25, 0.3) is 0 Å². The predicted molar refractivity (Wildman–Crippen MR) is 89.4 cm³/mol. The Bertz CT molecular complexity index is 617. The van der Waals surface area contributed by atoms with Crippen LogP contribution in [0.1, 0.15) is 0 Å². The summed E-state index contributed by atoms with van der Waals surface area (Å²) in [6.45, 7) is 0. The van der Waals surface area contributed by atoms with E-state index in [-0.39, 0.29) is 0 Å². The SMILES string of the molecule is O=C([O-])[O-].c1cc[c]([Bi]([c]2ccccc2)[c]2ccccc2)cc1. The van der Waals surface area contributed by atoms with Crippen LogP contribution < -0.4 is 20.0 Å². The van der Waals surface area contributed by atoms with Crippen molar-refractivity contribution in [2.45, 2.75) is 0 Å². The molecule has 3 nitrogen and oxygen atoms in total. The van der Waals surface area contributed by atoms with E-state index in [0.717, 1.165) is 0 Å². The second kappa shape index (κ2) is 9.07. The van der Waals surface area contributed by atoms with Gasteiger partial charge in [-0.05, 0) is 6.16 Å². The summed E-state index contributed by atoms with van der Waals surface area (Å²) in [5.74, 6) is 0. The van der Waals surface area contributed by atoms with Crippen molar-refractivity contribution < 1.29 is 15.0 Å². The van der Waals surface area contributed by atoms with Crippen molar-refractivity contribution in [3.63, 3.8) is 0 Å². The molecule has 0 saturated carbocycles. The quantitative estimate of drug-likeness (QED) is 0.467. The maximum absolute atomic E-state index is 8.33. The van der Waals surface area contributed by atoms with Gasteiger partial charge in [0.2, 0.25) is 0 Å². The van der Waals surface area contributed by atoms with Gasteiger partial charge in [0, 0.05) is 0 Å². The molecular formula is C19H15BiO3-2. The van der Waals surface area contributed by atoms with Crippen molar-refractivity contribution in [3.05, 3.63) is 91.0 Å². The van der Waals surface area contributed by atoms with Gasteiger partial charge in [-0.3, -0.25) is 0 Å². The number of carboxylic acid groups (broad SMARTS) is 2. The van der Waals surface area contributed by atoms with E-state index >= 15 is 0 Å². The van der Waals surface area contributed by atoms with Crippen LogP contribution in [0.3, 0.4) is 0 Å². The molecule has 0 heterocycles. The van der Waals surface area contributed by atoms with Crippen LogP contribution in [0, 0.1) is 0 Å². The minimum absolute atomic E-state index is 1.54. The van der Waals surface area contributed by atoms with E-state index in [1.54, 1.807) is 0 Å². The van der Waals surface area contributed by atoms with Gasteiger partial charge in [-0.1, -0.05) is 0 Å². The molecule has 0 N–H and O–H groups in total. The van der Waals surface area contributed by atoms with Gasteiger partial charge < -0.3 is 15.0 Å². The van der Waals surface area contributed by atoms with Gasteiger partial charge in [0.05, 0.1) is 0 Å². The van der Waals surface area contributed by atoms with Crippen LogP contribution in [0.15, 0.2) is 91.0 Å². The van der Waals surface area contributed by atoms with Crippen molar-refractivity contribution in [1.29, 1.82) is 0 Å². The number of rotatable bonds is 3. The van der Waals surface area contributed by atoms with Gasteiger partial charge >= 0.3 is 123 Å². The second-order valence-corrected chi connectivity index (χ2v) is 13.2. The first-order valence-corrected chi connectivity index (χ1v) is 12.2.